The first-order valence-electron chi connectivity index (χ1n) is 9.34. The maximum absolute atomic E-state index is 13.5. The average Bonchev–Trinajstić information content (AvgIpc) is 3.08. The third-order valence-electron chi connectivity index (χ3n) is 4.61. The van der Waals surface area contributed by atoms with Crippen LogP contribution in [0.5, 0.6) is 0 Å². The van der Waals surface area contributed by atoms with Gasteiger partial charge in [-0.15, -0.1) is 5.10 Å². The van der Waals surface area contributed by atoms with Gasteiger partial charge in [0.05, 0.1) is 15.4 Å². The van der Waals surface area contributed by atoms with Crippen molar-refractivity contribution in [3.05, 3.63) is 69.6 Å². The van der Waals surface area contributed by atoms with Crippen LogP contribution < -0.4 is 11.1 Å². The van der Waals surface area contributed by atoms with Crippen LogP contribution in [-0.2, 0) is 12.4 Å². The smallest absolute Gasteiger partial charge is 0.383 e. The summed E-state index contributed by atoms with van der Waals surface area (Å²) in [6, 6.07) is 10.6. The van der Waals surface area contributed by atoms with E-state index in [0.29, 0.717) is 10.4 Å². The van der Waals surface area contributed by atoms with Gasteiger partial charge in [0.25, 0.3) is 5.91 Å². The lowest BCUT2D eigenvalue weighted by Gasteiger charge is -2.12. The first-order valence-corrected chi connectivity index (χ1v) is 10.1. The van der Waals surface area contributed by atoms with E-state index in [1.54, 1.807) is 30.3 Å². The number of hydrogen-bond donors (Lipinski definition) is 2. The van der Waals surface area contributed by atoms with Crippen molar-refractivity contribution in [2.24, 2.45) is 0 Å². The van der Waals surface area contributed by atoms with Crippen LogP contribution in [0, 0.1) is 0 Å². The number of fused-ring (bicyclic) bond motifs is 1. The molecule has 2 aromatic carbocycles. The number of rotatable bonds is 3. The summed E-state index contributed by atoms with van der Waals surface area (Å²) >= 11 is 12.5. The highest BCUT2D eigenvalue weighted by molar-refractivity contribution is 6.38. The Balaban J connectivity index is 1.85. The van der Waals surface area contributed by atoms with E-state index in [4.69, 9.17) is 28.9 Å². The lowest BCUT2D eigenvalue weighted by molar-refractivity contribution is -0.151. The number of nitrogens with one attached hydrogen (secondary N) is 1. The molecule has 7 nitrogen and oxygen atoms in total. The van der Waals surface area contributed by atoms with E-state index >= 15 is 0 Å². The molecule has 3 N–H and O–H groups in total. The van der Waals surface area contributed by atoms with Gasteiger partial charge in [0.2, 0.25) is 5.82 Å². The van der Waals surface area contributed by atoms with E-state index in [2.05, 4.69) is 20.4 Å². The number of para-hydroxylation sites is 1. The monoisotopic (exact) mass is 534 g/mol. The molecule has 0 aliphatic heterocycles. The molecule has 0 saturated carbocycles. The van der Waals surface area contributed by atoms with Gasteiger partial charge in [0, 0.05) is 11.3 Å². The van der Waals surface area contributed by atoms with E-state index < -0.39 is 46.6 Å². The second kappa shape index (κ2) is 8.57. The number of alkyl halides is 6. The molecule has 0 atom stereocenters. The zero-order valence-electron chi connectivity index (χ0n) is 16.8. The van der Waals surface area contributed by atoms with Crippen molar-refractivity contribution < 1.29 is 31.1 Å². The van der Waals surface area contributed by atoms with Crippen molar-refractivity contribution in [3.8, 4) is 5.69 Å². The van der Waals surface area contributed by atoms with Crippen molar-refractivity contribution in [1.82, 2.24) is 19.7 Å². The van der Waals surface area contributed by atoms with Crippen molar-refractivity contribution in [2.75, 3.05) is 11.1 Å². The molecular formula is C20H10Cl2F6N6O. The standard InChI is InChI=1S/C20H10Cl2F6N6O/c21-10-6-8(17(35)30-9-4-2-1-3-5-9)7-11(22)13(10)34-15(29)12-14(19(23,24)25)31-18(20(26,27)28)32-16(12)33-34/h1-7H,29H2,(H,30,35). The summed E-state index contributed by atoms with van der Waals surface area (Å²) in [4.78, 5) is 18.2. The number of aromatic nitrogens is 4. The third kappa shape index (κ3) is 4.68. The van der Waals surface area contributed by atoms with Crippen LogP contribution in [0.25, 0.3) is 16.7 Å². The van der Waals surface area contributed by atoms with Gasteiger partial charge in [-0.1, -0.05) is 41.4 Å². The molecule has 2 aromatic heterocycles. The molecule has 1 amide bonds. The number of nitrogens with two attached hydrogens (primary N) is 1. The Labute approximate surface area is 201 Å². The van der Waals surface area contributed by atoms with Crippen LogP contribution >= 0.6 is 23.2 Å². The molecule has 0 unspecified atom stereocenters. The predicted octanol–water partition coefficient (Wildman–Crippen LogP) is 5.99. The van der Waals surface area contributed by atoms with Crippen molar-refractivity contribution >= 4 is 51.6 Å². The lowest BCUT2D eigenvalue weighted by atomic mass is 10.1. The van der Waals surface area contributed by atoms with Crippen molar-refractivity contribution in [3.63, 3.8) is 0 Å². The molecule has 182 valence electrons. The van der Waals surface area contributed by atoms with Crippen LogP contribution in [-0.4, -0.2) is 25.7 Å². The van der Waals surface area contributed by atoms with E-state index in [9.17, 15) is 31.1 Å². The number of nitrogen functional groups attached to an aromatic ring is 1. The van der Waals surface area contributed by atoms with E-state index in [0.717, 1.165) is 12.1 Å². The van der Waals surface area contributed by atoms with Gasteiger partial charge in [-0.3, -0.25) is 4.79 Å². The molecule has 15 heteroatoms. The Kier molecular flexibility index (Phi) is 6.01. The minimum atomic E-state index is -5.31. The topological polar surface area (TPSA) is 98.7 Å². The Morgan fingerprint density at radius 2 is 1.54 bits per heavy atom. The number of amides is 1. The van der Waals surface area contributed by atoms with Gasteiger partial charge < -0.3 is 11.1 Å². The Morgan fingerprint density at radius 1 is 0.943 bits per heavy atom. The average molecular weight is 535 g/mol. The van der Waals surface area contributed by atoms with Crippen LogP contribution in [0.4, 0.5) is 37.8 Å². The zero-order chi connectivity index (χ0) is 25.7. The van der Waals surface area contributed by atoms with Gasteiger partial charge in [-0.2, -0.15) is 26.3 Å². The quantitative estimate of drug-likeness (QED) is 0.314. The van der Waals surface area contributed by atoms with Gasteiger partial charge in [0.1, 0.15) is 11.5 Å². The van der Waals surface area contributed by atoms with Crippen molar-refractivity contribution in [1.29, 1.82) is 0 Å². The highest BCUT2D eigenvalue weighted by atomic mass is 35.5. The van der Waals surface area contributed by atoms with Crippen molar-refractivity contribution in [2.45, 2.75) is 12.4 Å². The highest BCUT2D eigenvalue weighted by Crippen LogP contribution is 2.40. The SMILES string of the molecule is Nc1c2c(C(F)(F)F)nc(C(F)(F)F)nc2nn1-c1c(Cl)cc(C(=O)Nc2ccccc2)cc1Cl. The molecule has 2 heterocycles. The summed E-state index contributed by atoms with van der Waals surface area (Å²) in [5.41, 5.74) is 3.08. The summed E-state index contributed by atoms with van der Waals surface area (Å²) in [6.45, 7) is 0. The number of carbonyl (C=O) groups excluding carboxylic acids is 1. The van der Waals surface area contributed by atoms with Gasteiger partial charge in [-0.05, 0) is 24.3 Å². The lowest BCUT2D eigenvalue weighted by Crippen LogP contribution is -2.17. The molecule has 0 bridgehead atoms. The molecule has 0 fully saturated rings. The maximum Gasteiger partial charge on any atom is 0.451 e. The number of hydrogen-bond acceptors (Lipinski definition) is 5. The van der Waals surface area contributed by atoms with Crippen LogP contribution in [0.3, 0.4) is 0 Å². The fraction of sp³-hybridized carbons (Fsp3) is 0.100. The predicted molar refractivity (Wildman–Crippen MR) is 115 cm³/mol. The second-order valence-electron chi connectivity index (χ2n) is 7.00. The summed E-state index contributed by atoms with van der Waals surface area (Å²) in [5.74, 6) is -3.41. The van der Waals surface area contributed by atoms with E-state index in [1.165, 1.54) is 0 Å². The third-order valence-corrected chi connectivity index (χ3v) is 5.19. The first kappa shape index (κ1) is 24.5. The summed E-state index contributed by atoms with van der Waals surface area (Å²) < 4.78 is 80.4. The molecule has 0 aliphatic carbocycles. The van der Waals surface area contributed by atoms with Crippen LogP contribution in [0.1, 0.15) is 21.9 Å². The zero-order valence-corrected chi connectivity index (χ0v) is 18.4. The second-order valence-corrected chi connectivity index (χ2v) is 7.81. The number of anilines is 2. The molecule has 4 rings (SSSR count). The van der Waals surface area contributed by atoms with Crippen LogP contribution in [0.15, 0.2) is 42.5 Å². The van der Waals surface area contributed by atoms with E-state index in [1.807, 2.05) is 0 Å². The molecule has 0 saturated heterocycles. The minimum Gasteiger partial charge on any atom is -0.383 e. The maximum atomic E-state index is 13.5. The number of carbonyl (C=O) groups is 1. The van der Waals surface area contributed by atoms with Crippen LogP contribution in [0.2, 0.25) is 10.0 Å². The largest absolute Gasteiger partial charge is 0.451 e. The molecule has 0 spiro atoms. The summed E-state index contributed by atoms with van der Waals surface area (Å²) in [6.07, 6.45) is -10.6. The highest BCUT2D eigenvalue weighted by Gasteiger charge is 2.43. The summed E-state index contributed by atoms with van der Waals surface area (Å²) in [7, 11) is 0. The summed E-state index contributed by atoms with van der Waals surface area (Å²) in [5, 5.41) is 4.75. The first-order chi connectivity index (χ1) is 16.3. The molecule has 35 heavy (non-hydrogen) atoms. The molecule has 0 radical (unpaired) electrons. The van der Waals surface area contributed by atoms with Gasteiger partial charge >= 0.3 is 12.4 Å². The number of benzene rings is 2. The molecule has 4 aromatic rings. The fourth-order valence-electron chi connectivity index (χ4n) is 3.14. The van der Waals surface area contributed by atoms with Gasteiger partial charge in [-0.25, -0.2) is 14.6 Å². The molecule has 0 aliphatic rings. The Bertz CT molecular complexity index is 1430. The van der Waals surface area contributed by atoms with E-state index in [-0.39, 0.29) is 21.3 Å². The van der Waals surface area contributed by atoms with Gasteiger partial charge in [0.15, 0.2) is 11.3 Å². The Morgan fingerprint density at radius 3 is 2.09 bits per heavy atom. The minimum absolute atomic E-state index is 0.0157. The number of halogens is 8. The Hall–Kier alpha value is -3.58. The number of nitrogens with zero attached hydrogens (tertiary/aromatic N) is 4. The molecular weight excluding hydrogens is 525 g/mol. The fourth-order valence-corrected chi connectivity index (χ4v) is 3.78. The normalized spacial score (nSPS) is 12.2.